The summed E-state index contributed by atoms with van der Waals surface area (Å²) >= 11 is 0. The highest BCUT2D eigenvalue weighted by Crippen LogP contribution is 2.49. The maximum Gasteiger partial charge on any atom is 0.321 e. The summed E-state index contributed by atoms with van der Waals surface area (Å²) in [4.78, 5) is 46.3. The summed E-state index contributed by atoms with van der Waals surface area (Å²) in [6, 6.07) is 6.75. The highest BCUT2D eigenvalue weighted by atomic mass is 16.6. The molecule has 1 aromatic rings. The van der Waals surface area contributed by atoms with E-state index in [0.29, 0.717) is 11.1 Å². The minimum absolute atomic E-state index is 0.0938. The van der Waals surface area contributed by atoms with Crippen LogP contribution in [0.25, 0.3) is 0 Å². The van der Waals surface area contributed by atoms with E-state index in [9.17, 15) is 24.3 Å². The molecule has 2 N–H and O–H groups in total. The van der Waals surface area contributed by atoms with Gasteiger partial charge in [-0.1, -0.05) is 24.3 Å². The van der Waals surface area contributed by atoms with Gasteiger partial charge in [-0.25, -0.2) is 0 Å². The molecule has 120 valence electrons. The molecule has 1 aliphatic carbocycles. The SMILES string of the molecule is O=C(O)CC(C(=O)O)C1CC2C(=O)OC(=O)C2c2ccccc21. The van der Waals surface area contributed by atoms with Gasteiger partial charge < -0.3 is 14.9 Å². The second-order valence-corrected chi connectivity index (χ2v) is 5.84. The number of carboxylic acid groups (broad SMARTS) is 2. The van der Waals surface area contributed by atoms with Crippen molar-refractivity contribution in [1.82, 2.24) is 0 Å². The average molecular weight is 318 g/mol. The molecular formula is C16H14O7. The second-order valence-electron chi connectivity index (χ2n) is 5.84. The van der Waals surface area contributed by atoms with Crippen LogP contribution in [0.3, 0.4) is 0 Å². The summed E-state index contributed by atoms with van der Waals surface area (Å²) in [5.41, 5.74) is 1.16. The number of carboxylic acids is 2. The molecular weight excluding hydrogens is 304 g/mol. The zero-order valence-electron chi connectivity index (χ0n) is 12.0. The molecule has 7 heteroatoms. The molecule has 7 nitrogen and oxygen atoms in total. The van der Waals surface area contributed by atoms with E-state index < -0.39 is 54.0 Å². The lowest BCUT2D eigenvalue weighted by Crippen LogP contribution is -2.33. The van der Waals surface area contributed by atoms with Crippen LogP contribution < -0.4 is 0 Å². The van der Waals surface area contributed by atoms with Crippen molar-refractivity contribution >= 4 is 23.9 Å². The Morgan fingerprint density at radius 3 is 2.39 bits per heavy atom. The number of benzene rings is 1. The van der Waals surface area contributed by atoms with Crippen LogP contribution in [0.15, 0.2) is 24.3 Å². The van der Waals surface area contributed by atoms with E-state index in [-0.39, 0.29) is 6.42 Å². The lowest BCUT2D eigenvalue weighted by molar-refractivity contribution is -0.153. The Morgan fingerprint density at radius 2 is 1.78 bits per heavy atom. The average Bonchev–Trinajstić information content (AvgIpc) is 2.78. The molecule has 0 amide bonds. The van der Waals surface area contributed by atoms with Crippen molar-refractivity contribution in [2.75, 3.05) is 0 Å². The lowest BCUT2D eigenvalue weighted by Gasteiger charge is -2.33. The fraction of sp³-hybridized carbons (Fsp3) is 0.375. The minimum atomic E-state index is -1.23. The standard InChI is InChI=1S/C16H14O7/c17-12(18)6-10(14(19)20)9-5-11-13(16(22)23-15(11)21)8-4-2-1-3-7(8)9/h1-4,9-11,13H,5-6H2,(H,17,18)(H,19,20). The van der Waals surface area contributed by atoms with Crippen LogP contribution in [-0.4, -0.2) is 34.1 Å². The first-order valence-electron chi connectivity index (χ1n) is 7.19. The van der Waals surface area contributed by atoms with Crippen molar-refractivity contribution in [1.29, 1.82) is 0 Å². The molecule has 0 spiro atoms. The fourth-order valence-corrected chi connectivity index (χ4v) is 3.62. The van der Waals surface area contributed by atoms with Crippen LogP contribution in [0.4, 0.5) is 0 Å². The van der Waals surface area contributed by atoms with Crippen LogP contribution in [0.2, 0.25) is 0 Å². The van der Waals surface area contributed by atoms with Gasteiger partial charge in [0.2, 0.25) is 0 Å². The molecule has 1 fully saturated rings. The maximum absolute atomic E-state index is 11.9. The zero-order valence-corrected chi connectivity index (χ0v) is 12.0. The molecule has 1 saturated heterocycles. The Labute approximate surface area is 130 Å². The van der Waals surface area contributed by atoms with Gasteiger partial charge in [-0.15, -0.1) is 0 Å². The summed E-state index contributed by atoms with van der Waals surface area (Å²) < 4.78 is 4.69. The van der Waals surface area contributed by atoms with E-state index >= 15 is 0 Å². The number of fused-ring (bicyclic) bond motifs is 3. The van der Waals surface area contributed by atoms with Gasteiger partial charge in [0.25, 0.3) is 0 Å². The Morgan fingerprint density at radius 1 is 1.13 bits per heavy atom. The van der Waals surface area contributed by atoms with Gasteiger partial charge >= 0.3 is 23.9 Å². The summed E-state index contributed by atoms with van der Waals surface area (Å²) in [6.45, 7) is 0. The van der Waals surface area contributed by atoms with Crippen LogP contribution in [0.5, 0.6) is 0 Å². The normalized spacial score (nSPS) is 26.9. The molecule has 0 aromatic heterocycles. The fourth-order valence-electron chi connectivity index (χ4n) is 3.62. The molecule has 1 aliphatic heterocycles. The summed E-state index contributed by atoms with van der Waals surface area (Å²) in [7, 11) is 0. The molecule has 4 unspecified atom stereocenters. The summed E-state index contributed by atoms with van der Waals surface area (Å²) in [5, 5.41) is 18.4. The molecule has 0 bridgehead atoms. The van der Waals surface area contributed by atoms with E-state index in [4.69, 9.17) is 9.84 Å². The van der Waals surface area contributed by atoms with Crippen molar-refractivity contribution in [3.63, 3.8) is 0 Å². The predicted octanol–water partition coefficient (Wildman–Crippen LogP) is 1.13. The number of hydrogen-bond acceptors (Lipinski definition) is 5. The van der Waals surface area contributed by atoms with E-state index in [2.05, 4.69) is 0 Å². The third-order valence-corrected chi connectivity index (χ3v) is 4.60. The Hall–Kier alpha value is -2.70. The number of ether oxygens (including phenoxy) is 1. The second kappa shape index (κ2) is 5.49. The minimum Gasteiger partial charge on any atom is -0.481 e. The largest absolute Gasteiger partial charge is 0.481 e. The van der Waals surface area contributed by atoms with Gasteiger partial charge in [0, 0.05) is 0 Å². The molecule has 23 heavy (non-hydrogen) atoms. The summed E-state index contributed by atoms with van der Waals surface area (Å²) in [5.74, 6) is -7.05. The van der Waals surface area contributed by atoms with E-state index in [1.165, 1.54) is 0 Å². The molecule has 0 radical (unpaired) electrons. The van der Waals surface area contributed by atoms with E-state index in [1.54, 1.807) is 24.3 Å². The van der Waals surface area contributed by atoms with Crippen molar-refractivity contribution < 1.29 is 34.1 Å². The first-order chi connectivity index (χ1) is 10.9. The quantitative estimate of drug-likeness (QED) is 0.631. The Kier molecular flexibility index (Phi) is 3.63. The number of rotatable bonds is 4. The van der Waals surface area contributed by atoms with Gasteiger partial charge in [-0.05, 0) is 23.5 Å². The molecule has 1 heterocycles. The molecule has 2 aliphatic rings. The molecule has 4 atom stereocenters. The van der Waals surface area contributed by atoms with Crippen molar-refractivity contribution in [2.45, 2.75) is 24.7 Å². The molecule has 0 saturated carbocycles. The number of carbonyl (C=O) groups is 4. The smallest absolute Gasteiger partial charge is 0.321 e. The maximum atomic E-state index is 11.9. The predicted molar refractivity (Wildman–Crippen MR) is 74.5 cm³/mol. The van der Waals surface area contributed by atoms with Crippen molar-refractivity contribution in [3.05, 3.63) is 35.4 Å². The van der Waals surface area contributed by atoms with Crippen LogP contribution in [0, 0.1) is 11.8 Å². The van der Waals surface area contributed by atoms with Crippen molar-refractivity contribution in [2.24, 2.45) is 11.8 Å². The van der Waals surface area contributed by atoms with Gasteiger partial charge in [0.15, 0.2) is 0 Å². The van der Waals surface area contributed by atoms with Crippen LogP contribution in [0.1, 0.15) is 35.8 Å². The first kappa shape index (κ1) is 15.2. The van der Waals surface area contributed by atoms with Gasteiger partial charge in [-0.3, -0.25) is 19.2 Å². The third kappa shape index (κ3) is 2.48. The lowest BCUT2D eigenvalue weighted by atomic mass is 9.67. The third-order valence-electron chi connectivity index (χ3n) is 4.60. The number of carbonyl (C=O) groups excluding carboxylic acids is 2. The van der Waals surface area contributed by atoms with E-state index in [1.807, 2.05) is 0 Å². The number of cyclic esters (lactones) is 2. The first-order valence-corrected chi connectivity index (χ1v) is 7.19. The Balaban J connectivity index is 2.08. The highest BCUT2D eigenvalue weighted by Gasteiger charge is 2.52. The zero-order chi connectivity index (χ0) is 16.7. The number of esters is 2. The molecule has 1 aromatic carbocycles. The number of aliphatic carboxylic acids is 2. The van der Waals surface area contributed by atoms with Gasteiger partial charge in [-0.2, -0.15) is 0 Å². The van der Waals surface area contributed by atoms with Crippen LogP contribution in [-0.2, 0) is 23.9 Å². The number of hydrogen-bond donors (Lipinski definition) is 2. The van der Waals surface area contributed by atoms with Crippen LogP contribution >= 0.6 is 0 Å². The van der Waals surface area contributed by atoms with Crippen molar-refractivity contribution in [3.8, 4) is 0 Å². The van der Waals surface area contributed by atoms with E-state index in [0.717, 1.165) is 0 Å². The topological polar surface area (TPSA) is 118 Å². The highest BCUT2D eigenvalue weighted by molar-refractivity contribution is 6.00. The summed E-state index contributed by atoms with van der Waals surface area (Å²) in [6.07, 6.45) is -0.453. The molecule has 3 rings (SSSR count). The Bertz CT molecular complexity index is 708. The van der Waals surface area contributed by atoms with Gasteiger partial charge in [0.05, 0.1) is 24.2 Å². The monoisotopic (exact) mass is 318 g/mol. The van der Waals surface area contributed by atoms with Gasteiger partial charge in [0.1, 0.15) is 0 Å².